The molecule has 2 aliphatic heterocycles. The summed E-state index contributed by atoms with van der Waals surface area (Å²) in [6, 6.07) is 46.6. The molecule has 18 nitrogen and oxygen atoms in total. The van der Waals surface area contributed by atoms with Crippen molar-refractivity contribution in [3.8, 4) is 0 Å². The Kier molecular flexibility index (Phi) is 17.3. The number of carbonyl (C=O) groups is 7. The molecule has 0 aliphatic carbocycles. The Morgan fingerprint density at radius 3 is 0.959 bits per heavy atom. The lowest BCUT2D eigenvalue weighted by Crippen LogP contribution is -2.65. The van der Waals surface area contributed by atoms with Crippen LogP contribution in [0.2, 0.25) is 0 Å². The van der Waals surface area contributed by atoms with E-state index in [1.807, 2.05) is 0 Å². The molecule has 0 unspecified atom stereocenters. The molecule has 0 N–H and O–H groups in total. The second kappa shape index (κ2) is 24.7. The van der Waals surface area contributed by atoms with Gasteiger partial charge in [0, 0.05) is 7.11 Å². The van der Waals surface area contributed by atoms with Gasteiger partial charge in [0.05, 0.1) is 47.1 Å². The molecule has 18 heteroatoms. The van der Waals surface area contributed by atoms with E-state index in [-0.39, 0.29) is 33.4 Å². The van der Waals surface area contributed by atoms with E-state index >= 15 is 0 Å². The molecule has 380 valence electrons. The van der Waals surface area contributed by atoms with E-state index < -0.39 is 110 Å². The van der Waals surface area contributed by atoms with Gasteiger partial charge in [0.1, 0.15) is 6.10 Å². The first-order valence-corrected chi connectivity index (χ1v) is 23.1. The number of carbonyl (C=O) groups excluding carboxylic acids is 7. The van der Waals surface area contributed by atoms with Gasteiger partial charge in [0.15, 0.2) is 55.3 Å². The van der Waals surface area contributed by atoms with Crippen LogP contribution in [0, 0.1) is 0 Å². The SMILES string of the molecule is COC(=O)[C@H]1O[C@@H](OC[C@H]2O[C@H](OC)[C@H](OC(=O)c3ccccc3)[C@@H](OC(=O)c3ccccc3)[C@@H]2OC(=O)c2ccccc2)[C@H](OC(=O)c2ccccc2)[C@@H](OC(=O)c2ccccc2)[C@H]1OC(=O)c1ccccc1. The van der Waals surface area contributed by atoms with Crippen molar-refractivity contribution >= 4 is 41.8 Å². The highest BCUT2D eigenvalue weighted by molar-refractivity contribution is 5.93. The molecule has 0 amide bonds. The molecule has 0 aromatic heterocycles. The van der Waals surface area contributed by atoms with E-state index in [4.69, 9.17) is 52.1 Å². The summed E-state index contributed by atoms with van der Waals surface area (Å²) >= 11 is 0. The maximum Gasteiger partial charge on any atom is 0.339 e. The minimum Gasteiger partial charge on any atom is -0.467 e. The Morgan fingerprint density at radius 2 is 0.635 bits per heavy atom. The Hall–Kier alpha value is -8.55. The molecular formula is C56H48O18. The topological polar surface area (TPSA) is 221 Å². The molecule has 0 spiro atoms. The van der Waals surface area contributed by atoms with Crippen LogP contribution in [0.1, 0.15) is 62.1 Å². The third-order valence-electron chi connectivity index (χ3n) is 11.7. The van der Waals surface area contributed by atoms with Crippen LogP contribution < -0.4 is 0 Å². The minimum atomic E-state index is -1.94. The highest BCUT2D eigenvalue weighted by atomic mass is 16.8. The van der Waals surface area contributed by atoms with Crippen molar-refractivity contribution < 1.29 is 85.7 Å². The summed E-state index contributed by atoms with van der Waals surface area (Å²) in [6.07, 6.45) is -17.7. The average molecular weight is 1010 g/mol. The Bertz CT molecular complexity index is 2850. The van der Waals surface area contributed by atoms with Crippen molar-refractivity contribution in [1.29, 1.82) is 0 Å². The molecule has 74 heavy (non-hydrogen) atoms. The lowest BCUT2D eigenvalue weighted by Gasteiger charge is -2.46. The van der Waals surface area contributed by atoms with Gasteiger partial charge in [-0.3, -0.25) is 0 Å². The summed E-state index contributed by atoms with van der Waals surface area (Å²) in [5.74, 6) is -6.82. The fourth-order valence-corrected chi connectivity index (χ4v) is 8.03. The minimum absolute atomic E-state index is 0.0234. The summed E-state index contributed by atoms with van der Waals surface area (Å²) in [7, 11) is 2.26. The molecule has 0 bridgehead atoms. The van der Waals surface area contributed by atoms with Crippen LogP contribution in [0.25, 0.3) is 0 Å². The first-order valence-electron chi connectivity index (χ1n) is 23.1. The lowest BCUT2D eigenvalue weighted by atomic mass is 9.96. The summed E-state index contributed by atoms with van der Waals surface area (Å²) in [5, 5.41) is 0. The van der Waals surface area contributed by atoms with E-state index in [2.05, 4.69) is 0 Å². The van der Waals surface area contributed by atoms with E-state index in [9.17, 15) is 33.6 Å². The lowest BCUT2D eigenvalue weighted by molar-refractivity contribution is -0.322. The number of benzene rings is 6. The summed E-state index contributed by atoms with van der Waals surface area (Å²) < 4.78 is 66.3. The van der Waals surface area contributed by atoms with Crippen LogP contribution in [-0.2, 0) is 56.9 Å². The molecule has 2 heterocycles. The van der Waals surface area contributed by atoms with E-state index in [1.54, 1.807) is 109 Å². The number of methoxy groups -OCH3 is 2. The number of hydrogen-bond donors (Lipinski definition) is 0. The van der Waals surface area contributed by atoms with Gasteiger partial charge in [0.25, 0.3) is 0 Å². The summed E-state index contributed by atoms with van der Waals surface area (Å²) in [6.45, 7) is -0.753. The van der Waals surface area contributed by atoms with E-state index in [1.165, 1.54) is 79.9 Å². The number of hydrogen-bond acceptors (Lipinski definition) is 18. The van der Waals surface area contributed by atoms with Gasteiger partial charge in [-0.2, -0.15) is 0 Å². The standard InChI is InChI=1S/C56H48O18/c1-64-54(63)45-43(70-50(59)36-25-13-5-14-26-36)44(71-51(60)37-27-15-6-16-28-37)47(73-53(62)39-31-19-8-20-32-39)56(74-45)66-33-40-41(68-48(57)34-21-9-3-10-22-34)42(69-49(58)35-23-11-4-12-24-35)46(55(65-2)67-40)72-52(61)38-29-17-7-18-30-38/h3-32,40-47,55-56H,33H2,1-2H3/t40-,41-,42+,43-,44+,45+,46-,47-,55+,56-/m1/s1. The second-order valence-electron chi connectivity index (χ2n) is 16.5. The third-order valence-corrected chi connectivity index (χ3v) is 11.7. The molecule has 6 aromatic rings. The second-order valence-corrected chi connectivity index (χ2v) is 16.5. The van der Waals surface area contributed by atoms with Crippen LogP contribution >= 0.6 is 0 Å². The van der Waals surface area contributed by atoms with Gasteiger partial charge >= 0.3 is 41.8 Å². The quantitative estimate of drug-likeness (QED) is 0.0691. The zero-order chi connectivity index (χ0) is 52.0. The van der Waals surface area contributed by atoms with Crippen molar-refractivity contribution in [1.82, 2.24) is 0 Å². The van der Waals surface area contributed by atoms with Gasteiger partial charge in [-0.25, -0.2) is 33.6 Å². The maximum absolute atomic E-state index is 14.1. The van der Waals surface area contributed by atoms with Crippen LogP contribution in [0.3, 0.4) is 0 Å². The highest BCUT2D eigenvalue weighted by Gasteiger charge is 2.58. The van der Waals surface area contributed by atoms with Gasteiger partial charge in [-0.05, 0) is 72.8 Å². The molecule has 0 radical (unpaired) electrons. The molecule has 0 saturated carbocycles. The molecule has 2 aliphatic rings. The Balaban J connectivity index is 1.20. The molecule has 2 saturated heterocycles. The Morgan fingerprint density at radius 1 is 0.351 bits per heavy atom. The smallest absolute Gasteiger partial charge is 0.339 e. The van der Waals surface area contributed by atoms with Crippen molar-refractivity contribution in [3.05, 3.63) is 215 Å². The number of ether oxygens (including phenoxy) is 11. The number of esters is 7. The largest absolute Gasteiger partial charge is 0.467 e. The zero-order valence-electron chi connectivity index (χ0n) is 39.6. The predicted molar refractivity (Wildman–Crippen MR) is 256 cm³/mol. The van der Waals surface area contributed by atoms with Gasteiger partial charge in [-0.1, -0.05) is 109 Å². The maximum atomic E-state index is 14.1. The molecule has 8 rings (SSSR count). The summed E-state index contributed by atoms with van der Waals surface area (Å²) in [5.41, 5.74) is 0.339. The van der Waals surface area contributed by atoms with Crippen LogP contribution in [0.15, 0.2) is 182 Å². The van der Waals surface area contributed by atoms with Crippen molar-refractivity contribution in [3.63, 3.8) is 0 Å². The number of rotatable bonds is 17. The van der Waals surface area contributed by atoms with E-state index in [0.717, 1.165) is 7.11 Å². The van der Waals surface area contributed by atoms with Crippen LogP contribution in [-0.4, -0.2) is 124 Å². The van der Waals surface area contributed by atoms with Crippen molar-refractivity contribution in [2.24, 2.45) is 0 Å². The first kappa shape index (κ1) is 51.8. The van der Waals surface area contributed by atoms with Gasteiger partial charge in [-0.15, -0.1) is 0 Å². The van der Waals surface area contributed by atoms with Gasteiger partial charge in [0.2, 0.25) is 0 Å². The fourth-order valence-electron chi connectivity index (χ4n) is 8.03. The first-order chi connectivity index (χ1) is 36.0. The normalized spacial score (nSPS) is 23.2. The van der Waals surface area contributed by atoms with Crippen LogP contribution in [0.5, 0.6) is 0 Å². The summed E-state index contributed by atoms with van der Waals surface area (Å²) in [4.78, 5) is 97.8. The van der Waals surface area contributed by atoms with Crippen LogP contribution in [0.4, 0.5) is 0 Å². The molecular weight excluding hydrogens is 961 g/mol. The third kappa shape index (κ3) is 12.5. The fraction of sp³-hybridized carbons (Fsp3) is 0.232. The molecule has 6 aromatic carbocycles. The van der Waals surface area contributed by atoms with E-state index in [0.29, 0.717) is 0 Å². The monoisotopic (exact) mass is 1010 g/mol. The highest BCUT2D eigenvalue weighted by Crippen LogP contribution is 2.35. The van der Waals surface area contributed by atoms with Crippen molar-refractivity contribution in [2.75, 3.05) is 20.8 Å². The Labute approximate surface area is 423 Å². The van der Waals surface area contributed by atoms with Crippen molar-refractivity contribution in [2.45, 2.75) is 61.4 Å². The average Bonchev–Trinajstić information content (AvgIpc) is 3.45. The van der Waals surface area contributed by atoms with Gasteiger partial charge < -0.3 is 52.1 Å². The molecule has 2 fully saturated rings. The zero-order valence-corrected chi connectivity index (χ0v) is 39.6. The predicted octanol–water partition coefficient (Wildman–Crippen LogP) is 6.63. The molecule has 10 atom stereocenters.